The zero-order chi connectivity index (χ0) is 8.97. The number of rotatable bonds is 3. The molecule has 0 aromatic carbocycles. The van der Waals surface area contributed by atoms with Crippen molar-refractivity contribution in [1.82, 2.24) is 25.5 Å². The van der Waals surface area contributed by atoms with E-state index in [0.717, 1.165) is 0 Å². The monoisotopic (exact) mass is 211 g/mol. The largest absolute Gasteiger partial charge is 0.352 e. The van der Waals surface area contributed by atoms with Crippen molar-refractivity contribution in [2.75, 3.05) is 6.54 Å². The maximum Gasteiger partial charge on any atom is 0.312 e. The number of H-pyrrole nitrogens is 1. The number of primary amides is 1. The number of carbonyl (C=O) groups is 1. The summed E-state index contributed by atoms with van der Waals surface area (Å²) in [5.41, 5.74) is 4.84. The molecule has 0 aliphatic rings. The van der Waals surface area contributed by atoms with Crippen LogP contribution in [0.4, 0.5) is 4.79 Å². The Labute approximate surface area is 101 Å². The first kappa shape index (κ1) is 12.6. The molecule has 4 N–H and O–H groups in total. The Hall–Kier alpha value is -0.440. The smallest absolute Gasteiger partial charge is 0.312 e. The number of carbonyl (C=O) groups excluding carboxylic acids is 1. The van der Waals surface area contributed by atoms with E-state index in [1.165, 1.54) is 4.68 Å². The number of urea groups is 1. The average Bonchev–Trinajstić information content (AvgIpc) is 2.36. The van der Waals surface area contributed by atoms with Gasteiger partial charge in [0.25, 0.3) is 0 Å². The van der Waals surface area contributed by atoms with E-state index in [9.17, 15) is 4.79 Å². The molecule has 1 heterocycles. The molecular formula is C4H8N6NaOS. The molecule has 1 rings (SSSR count). The van der Waals surface area contributed by atoms with Crippen LogP contribution in [0.2, 0.25) is 0 Å². The van der Waals surface area contributed by atoms with E-state index in [4.69, 9.17) is 18.0 Å². The van der Waals surface area contributed by atoms with Crippen LogP contribution in [0.25, 0.3) is 0 Å². The molecule has 0 fully saturated rings. The summed E-state index contributed by atoms with van der Waals surface area (Å²) in [5.74, 6) is 0. The zero-order valence-electron chi connectivity index (χ0n) is 7.15. The Morgan fingerprint density at radius 3 is 2.92 bits per heavy atom. The molecule has 0 spiro atoms. The van der Waals surface area contributed by atoms with Gasteiger partial charge in [-0.25, -0.2) is 9.48 Å². The molecule has 1 aromatic heterocycles. The number of aromatic amines is 1. The molecule has 0 atom stereocenters. The molecule has 0 saturated carbocycles. The number of hydrogen-bond donors (Lipinski definition) is 3. The van der Waals surface area contributed by atoms with Crippen LogP contribution in [0, 0.1) is 4.77 Å². The topological polar surface area (TPSA) is 102 Å². The minimum atomic E-state index is -0.561. The van der Waals surface area contributed by atoms with Crippen molar-refractivity contribution in [2.24, 2.45) is 5.73 Å². The fourth-order valence-electron chi connectivity index (χ4n) is 0.652. The van der Waals surface area contributed by atoms with Gasteiger partial charge >= 0.3 is 6.03 Å². The normalized spacial score (nSPS) is 8.92. The summed E-state index contributed by atoms with van der Waals surface area (Å²) in [6.07, 6.45) is 0. The Bertz CT molecular complexity index is 320. The number of nitrogens with zero attached hydrogens (tertiary/aromatic N) is 3. The number of amides is 2. The average molecular weight is 211 g/mol. The molecular weight excluding hydrogens is 203 g/mol. The van der Waals surface area contributed by atoms with Gasteiger partial charge in [0.1, 0.15) is 0 Å². The van der Waals surface area contributed by atoms with Gasteiger partial charge in [0.15, 0.2) is 0 Å². The standard InChI is InChI=1S/C4H8N6OS.Na/c5-3(11)6-1-2-10-4(12)7-8-9-10;/h1-2H2,(H3,5,6,11)(H,7,9,12);. The Balaban J connectivity index is 0.00000144. The van der Waals surface area contributed by atoms with Crippen LogP contribution in [-0.4, -0.2) is 62.3 Å². The molecule has 0 aliphatic carbocycles. The molecule has 9 heteroatoms. The van der Waals surface area contributed by atoms with Gasteiger partial charge in [0.05, 0.1) is 6.54 Å². The number of aromatic nitrogens is 4. The van der Waals surface area contributed by atoms with E-state index in [1.54, 1.807) is 0 Å². The quantitative estimate of drug-likeness (QED) is 0.423. The number of nitrogens with one attached hydrogen (secondary N) is 2. The SMILES string of the molecule is NC(=O)NCCn1[nH]nnc1=S.[Na]. The third-order valence-corrected chi connectivity index (χ3v) is 1.47. The van der Waals surface area contributed by atoms with E-state index < -0.39 is 6.03 Å². The van der Waals surface area contributed by atoms with Gasteiger partial charge in [0, 0.05) is 36.1 Å². The van der Waals surface area contributed by atoms with E-state index in [0.29, 0.717) is 17.9 Å². The molecule has 2 amide bonds. The summed E-state index contributed by atoms with van der Waals surface area (Å²) >= 11 is 4.78. The number of hydrogen-bond acceptors (Lipinski definition) is 4. The maximum absolute atomic E-state index is 10.2. The van der Waals surface area contributed by atoms with E-state index in [2.05, 4.69) is 20.8 Å². The summed E-state index contributed by atoms with van der Waals surface area (Å²) in [6, 6.07) is -0.561. The van der Waals surface area contributed by atoms with Crippen molar-refractivity contribution in [3.8, 4) is 0 Å². The van der Waals surface area contributed by atoms with Crippen molar-refractivity contribution in [3.05, 3.63) is 4.77 Å². The maximum atomic E-state index is 10.2. The first-order valence-electron chi connectivity index (χ1n) is 3.21. The Morgan fingerprint density at radius 1 is 1.77 bits per heavy atom. The second-order valence-electron chi connectivity index (χ2n) is 2.03. The third kappa shape index (κ3) is 4.36. The van der Waals surface area contributed by atoms with Crippen LogP contribution < -0.4 is 11.1 Å². The van der Waals surface area contributed by atoms with Crippen LogP contribution in [-0.2, 0) is 6.54 Å². The van der Waals surface area contributed by atoms with Gasteiger partial charge in [-0.1, -0.05) is 10.3 Å². The minimum absolute atomic E-state index is 0. The minimum Gasteiger partial charge on any atom is -0.352 e. The first-order valence-corrected chi connectivity index (χ1v) is 3.62. The molecule has 0 aliphatic heterocycles. The van der Waals surface area contributed by atoms with Crippen molar-refractivity contribution in [3.63, 3.8) is 0 Å². The van der Waals surface area contributed by atoms with E-state index in [1.807, 2.05) is 0 Å². The molecule has 0 bridgehead atoms. The first-order chi connectivity index (χ1) is 5.70. The summed E-state index contributed by atoms with van der Waals surface area (Å²) in [6.45, 7) is 0.877. The summed E-state index contributed by atoms with van der Waals surface area (Å²) in [5, 5.41) is 11.9. The van der Waals surface area contributed by atoms with Crippen molar-refractivity contribution < 1.29 is 4.79 Å². The fraction of sp³-hybridized carbons (Fsp3) is 0.500. The molecule has 1 radical (unpaired) electrons. The van der Waals surface area contributed by atoms with Crippen LogP contribution in [0.1, 0.15) is 0 Å². The van der Waals surface area contributed by atoms with Crippen LogP contribution in [0.15, 0.2) is 0 Å². The summed E-state index contributed by atoms with van der Waals surface area (Å²) in [7, 11) is 0. The second kappa shape index (κ2) is 6.08. The van der Waals surface area contributed by atoms with Crippen LogP contribution in [0.3, 0.4) is 0 Å². The predicted octanol–water partition coefficient (Wildman–Crippen LogP) is -1.38. The van der Waals surface area contributed by atoms with Gasteiger partial charge in [-0.3, -0.25) is 0 Å². The molecule has 7 nitrogen and oxygen atoms in total. The molecule has 13 heavy (non-hydrogen) atoms. The third-order valence-electron chi connectivity index (χ3n) is 1.17. The Kier molecular flexibility index (Phi) is 5.88. The second-order valence-corrected chi connectivity index (χ2v) is 2.39. The fourth-order valence-corrected chi connectivity index (χ4v) is 0.825. The van der Waals surface area contributed by atoms with Crippen LogP contribution in [0.5, 0.6) is 0 Å². The van der Waals surface area contributed by atoms with Crippen molar-refractivity contribution in [1.29, 1.82) is 0 Å². The van der Waals surface area contributed by atoms with Gasteiger partial charge < -0.3 is 11.1 Å². The molecule has 1 aromatic rings. The van der Waals surface area contributed by atoms with Gasteiger partial charge in [-0.2, -0.15) is 5.21 Å². The van der Waals surface area contributed by atoms with Gasteiger partial charge in [-0.15, -0.1) is 0 Å². The molecule has 0 saturated heterocycles. The van der Waals surface area contributed by atoms with E-state index in [-0.39, 0.29) is 29.6 Å². The zero-order valence-corrected chi connectivity index (χ0v) is 9.97. The molecule has 0 unspecified atom stereocenters. The predicted molar refractivity (Wildman–Crippen MR) is 48.5 cm³/mol. The van der Waals surface area contributed by atoms with Crippen LogP contribution >= 0.6 is 12.2 Å². The number of nitrogens with two attached hydrogens (primary N) is 1. The number of tetrazole rings is 1. The molecule has 67 valence electrons. The van der Waals surface area contributed by atoms with E-state index >= 15 is 0 Å². The summed E-state index contributed by atoms with van der Waals surface area (Å²) in [4.78, 5) is 10.2. The Morgan fingerprint density at radius 2 is 2.46 bits per heavy atom. The van der Waals surface area contributed by atoms with Gasteiger partial charge in [0.2, 0.25) is 4.77 Å². The van der Waals surface area contributed by atoms with Crippen molar-refractivity contribution >= 4 is 47.8 Å². The summed E-state index contributed by atoms with van der Waals surface area (Å²) < 4.78 is 1.87. The van der Waals surface area contributed by atoms with Crippen molar-refractivity contribution in [2.45, 2.75) is 6.54 Å². The van der Waals surface area contributed by atoms with Gasteiger partial charge in [-0.05, 0) is 12.2 Å².